The van der Waals surface area contributed by atoms with Crippen molar-refractivity contribution in [2.45, 2.75) is 108 Å². The van der Waals surface area contributed by atoms with Crippen LogP contribution in [0.3, 0.4) is 0 Å². The lowest BCUT2D eigenvalue weighted by Crippen LogP contribution is -2.60. The van der Waals surface area contributed by atoms with Crippen molar-refractivity contribution >= 4 is 0 Å². The minimum atomic E-state index is -0.0643. The van der Waals surface area contributed by atoms with Gasteiger partial charge in [-0.05, 0) is 82.3 Å². The Morgan fingerprint density at radius 2 is 1.76 bits per heavy atom. The summed E-state index contributed by atoms with van der Waals surface area (Å²) < 4.78 is 0. The molecule has 3 atom stereocenters. The summed E-state index contributed by atoms with van der Waals surface area (Å²) in [5.74, 6) is 0.609. The summed E-state index contributed by atoms with van der Waals surface area (Å²) in [7, 11) is 0. The fraction of sp³-hybridized carbons (Fsp3) is 0.643. The van der Waals surface area contributed by atoms with E-state index in [0.717, 1.165) is 24.1 Å². The molecule has 6 rings (SSSR count). The summed E-state index contributed by atoms with van der Waals surface area (Å²) in [6, 6.07) is 4.85. The second kappa shape index (κ2) is 8.37. The molecule has 2 aliphatic heterocycles. The second-order valence-corrected chi connectivity index (χ2v) is 10.9. The van der Waals surface area contributed by atoms with Crippen LogP contribution in [0.2, 0.25) is 0 Å². The van der Waals surface area contributed by atoms with Gasteiger partial charge >= 0.3 is 0 Å². The third-order valence-electron chi connectivity index (χ3n) is 9.11. The fourth-order valence-corrected chi connectivity index (χ4v) is 7.64. The van der Waals surface area contributed by atoms with Crippen LogP contribution in [0, 0.1) is 28.6 Å². The van der Waals surface area contributed by atoms with Crippen molar-refractivity contribution < 1.29 is 0 Å². The van der Waals surface area contributed by atoms with E-state index in [1.165, 1.54) is 82.7 Å². The van der Waals surface area contributed by atoms with Gasteiger partial charge in [-0.2, -0.15) is 10.5 Å². The molecule has 3 fully saturated rings. The minimum absolute atomic E-state index is 0.0552. The van der Waals surface area contributed by atoms with Crippen molar-refractivity contribution in [3.05, 3.63) is 46.0 Å². The molecule has 0 aromatic carbocycles. The van der Waals surface area contributed by atoms with E-state index < -0.39 is 0 Å². The number of hydrogen-bond donors (Lipinski definition) is 2. The highest BCUT2D eigenvalue weighted by molar-refractivity contribution is 5.58. The van der Waals surface area contributed by atoms with E-state index in [0.29, 0.717) is 12.0 Å². The monoisotopic (exact) mass is 441 g/mol. The molecule has 0 bridgehead atoms. The zero-order valence-electron chi connectivity index (χ0n) is 19.6. The average molecular weight is 442 g/mol. The van der Waals surface area contributed by atoms with Gasteiger partial charge in [0.05, 0.1) is 11.7 Å². The van der Waals surface area contributed by atoms with Crippen molar-refractivity contribution in [1.82, 2.24) is 15.5 Å². The van der Waals surface area contributed by atoms with E-state index in [9.17, 15) is 10.5 Å². The molecular weight excluding hydrogens is 406 g/mol. The Kier molecular flexibility index (Phi) is 5.34. The number of allylic oxidation sites excluding steroid dienone is 4. The van der Waals surface area contributed by atoms with Crippen LogP contribution in [0.1, 0.15) is 89.9 Å². The van der Waals surface area contributed by atoms with Crippen LogP contribution in [0.25, 0.3) is 0 Å². The second-order valence-electron chi connectivity index (χ2n) is 10.9. The van der Waals surface area contributed by atoms with Gasteiger partial charge in [-0.15, -0.1) is 0 Å². The summed E-state index contributed by atoms with van der Waals surface area (Å²) in [5.41, 5.74) is 6.64. The van der Waals surface area contributed by atoms with Crippen molar-refractivity contribution in [3.8, 4) is 12.1 Å². The summed E-state index contributed by atoms with van der Waals surface area (Å²) in [4.78, 5) is 2.70. The van der Waals surface area contributed by atoms with Gasteiger partial charge in [0, 0.05) is 28.7 Å². The van der Waals surface area contributed by atoms with E-state index in [4.69, 9.17) is 0 Å². The molecule has 2 saturated carbocycles. The van der Waals surface area contributed by atoms with Crippen molar-refractivity contribution in [2.24, 2.45) is 5.92 Å². The number of nitriles is 2. The maximum absolute atomic E-state index is 9.83. The molecule has 4 aliphatic carbocycles. The SMILES string of the molecule is N#CC(C#N)=C1C=C(NC2CCCCC2)C=C2[C@H]1N[C@]13CCCC[C@H]1CC1=C(CCCC1)N23. The van der Waals surface area contributed by atoms with E-state index in [1.807, 2.05) is 0 Å². The molecule has 0 radical (unpaired) electrons. The highest BCUT2D eigenvalue weighted by Crippen LogP contribution is 2.55. The van der Waals surface area contributed by atoms with Crippen LogP contribution < -0.4 is 10.6 Å². The Morgan fingerprint density at radius 3 is 2.58 bits per heavy atom. The van der Waals surface area contributed by atoms with E-state index in [2.05, 4.69) is 39.8 Å². The summed E-state index contributed by atoms with van der Waals surface area (Å²) in [5, 5.41) is 27.5. The molecule has 6 aliphatic rings. The van der Waals surface area contributed by atoms with Crippen LogP contribution in [-0.4, -0.2) is 22.6 Å². The van der Waals surface area contributed by atoms with Crippen LogP contribution in [0.5, 0.6) is 0 Å². The number of nitrogens with one attached hydrogen (secondary N) is 2. The molecule has 172 valence electrons. The molecule has 1 saturated heterocycles. The minimum Gasteiger partial charge on any atom is -0.382 e. The van der Waals surface area contributed by atoms with Crippen molar-refractivity contribution in [3.63, 3.8) is 0 Å². The lowest BCUT2D eigenvalue weighted by Gasteiger charge is -2.54. The Morgan fingerprint density at radius 1 is 0.970 bits per heavy atom. The van der Waals surface area contributed by atoms with Gasteiger partial charge < -0.3 is 10.2 Å². The van der Waals surface area contributed by atoms with Crippen LogP contribution >= 0.6 is 0 Å². The third kappa shape index (κ3) is 3.36. The van der Waals surface area contributed by atoms with Gasteiger partial charge in [-0.25, -0.2) is 0 Å². The molecule has 2 N–H and O–H groups in total. The zero-order valence-corrected chi connectivity index (χ0v) is 19.6. The third-order valence-corrected chi connectivity index (χ3v) is 9.11. The molecule has 0 unspecified atom stereocenters. The number of hydrogen-bond acceptors (Lipinski definition) is 5. The van der Waals surface area contributed by atoms with Gasteiger partial charge in [0.1, 0.15) is 17.7 Å². The Bertz CT molecular complexity index is 1030. The quantitative estimate of drug-likeness (QED) is 0.559. The van der Waals surface area contributed by atoms with Crippen LogP contribution in [0.4, 0.5) is 0 Å². The summed E-state index contributed by atoms with van der Waals surface area (Å²) in [6.07, 6.45) is 21.9. The first-order chi connectivity index (χ1) is 16.2. The van der Waals surface area contributed by atoms with E-state index in [1.54, 1.807) is 11.3 Å². The van der Waals surface area contributed by atoms with E-state index >= 15 is 0 Å². The number of fused-ring (bicyclic) bond motifs is 3. The summed E-state index contributed by atoms with van der Waals surface area (Å²) >= 11 is 0. The fourth-order valence-electron chi connectivity index (χ4n) is 7.64. The maximum atomic E-state index is 9.83. The molecule has 2 heterocycles. The molecule has 33 heavy (non-hydrogen) atoms. The lowest BCUT2D eigenvalue weighted by molar-refractivity contribution is 0.0304. The normalized spacial score (nSPS) is 33.5. The first kappa shape index (κ1) is 21.1. The molecule has 5 heteroatoms. The van der Waals surface area contributed by atoms with Gasteiger partial charge in [-0.3, -0.25) is 5.32 Å². The molecule has 1 spiro atoms. The van der Waals surface area contributed by atoms with Crippen LogP contribution in [-0.2, 0) is 0 Å². The first-order valence-electron chi connectivity index (χ1n) is 13.3. The Hall–Kier alpha value is -2.50. The predicted molar refractivity (Wildman–Crippen MR) is 128 cm³/mol. The summed E-state index contributed by atoms with van der Waals surface area (Å²) in [6.45, 7) is 0. The lowest BCUT2D eigenvalue weighted by atomic mass is 9.70. The van der Waals surface area contributed by atoms with Gasteiger partial charge in [-0.1, -0.05) is 31.3 Å². The van der Waals surface area contributed by atoms with Gasteiger partial charge in [0.2, 0.25) is 0 Å². The van der Waals surface area contributed by atoms with Gasteiger partial charge in [0.15, 0.2) is 0 Å². The average Bonchev–Trinajstić information content (AvgIpc) is 3.18. The Labute approximate surface area is 197 Å². The molecule has 5 nitrogen and oxygen atoms in total. The van der Waals surface area contributed by atoms with E-state index in [-0.39, 0.29) is 17.3 Å². The predicted octanol–water partition coefficient (Wildman–Crippen LogP) is 5.43. The highest BCUT2D eigenvalue weighted by atomic mass is 15.4. The number of rotatable bonds is 2. The topological polar surface area (TPSA) is 74.9 Å². The first-order valence-corrected chi connectivity index (χ1v) is 13.3. The van der Waals surface area contributed by atoms with Crippen molar-refractivity contribution in [2.75, 3.05) is 0 Å². The maximum Gasteiger partial charge on any atom is 0.134 e. The standard InChI is InChI=1S/C28H35N5/c29-17-20(18-30)24-15-23(31-22-10-2-1-3-11-22)16-26-27(24)32-28-13-7-6-9-21(28)14-19-8-4-5-12-25(19)33(26)28/h15-16,21-22,27,31-32H,1-14H2/t21-,27-,28-/m0/s1. The van der Waals surface area contributed by atoms with Gasteiger partial charge in [0.25, 0.3) is 0 Å². The largest absolute Gasteiger partial charge is 0.382 e. The molecular formula is C28H35N5. The Balaban J connectivity index is 1.47. The zero-order chi connectivity index (χ0) is 22.4. The molecule has 0 aromatic rings. The van der Waals surface area contributed by atoms with Crippen molar-refractivity contribution in [1.29, 1.82) is 10.5 Å². The molecule has 0 aromatic heterocycles. The van der Waals surface area contributed by atoms with Crippen LogP contribution in [0.15, 0.2) is 46.0 Å². The molecule has 0 amide bonds. The smallest absolute Gasteiger partial charge is 0.134 e. The number of nitrogens with zero attached hydrogens (tertiary/aromatic N) is 3. The highest BCUT2D eigenvalue weighted by Gasteiger charge is 2.58.